The van der Waals surface area contributed by atoms with Gasteiger partial charge in [0.25, 0.3) is 0 Å². The zero-order valence-electron chi connectivity index (χ0n) is 53.5. The monoisotopic (exact) mass is 651 g/mol. The Morgan fingerprint density at radius 2 is 0.796 bits per heavy atom. The SMILES string of the molecule is [2H]c1cc2oc3c([2H])c([2H])c(-c4c([2H])c([2H])c([2H])c([2H])c4[2H])c([2H])c3c2c([2H])c1-c1c2c([2H])c([2H])c([2H])c([2H])c2c(-c2c([2H])c([2H])c(-c3c([2H])c([2H])c4c([2H])c([2H])c([2H])c([2H])c4c3[2H])c([2H])c2[2H])c2c([2H])c([2H])c([2H])c([2H])c12. The highest BCUT2D eigenvalue weighted by Gasteiger charge is 2.18. The predicted octanol–water partition coefficient (Wildman–Crippen LogP) is 13.7. The van der Waals surface area contributed by atoms with E-state index in [1.807, 2.05) is 0 Å². The van der Waals surface area contributed by atoms with Crippen LogP contribution in [0.2, 0.25) is 0 Å². The van der Waals surface area contributed by atoms with E-state index in [0.717, 1.165) is 6.07 Å². The van der Waals surface area contributed by atoms with E-state index < -0.39 is 274 Å². The third-order valence-corrected chi connectivity index (χ3v) is 7.83. The Bertz CT molecular complexity index is 4400. The van der Waals surface area contributed by atoms with Crippen LogP contribution < -0.4 is 0 Å². The lowest BCUT2D eigenvalue weighted by molar-refractivity contribution is 0.669. The van der Waals surface area contributed by atoms with Crippen molar-refractivity contribution in [2.24, 2.45) is 0 Å². The predicted molar refractivity (Wildman–Crippen MR) is 208 cm³/mol. The molecule has 228 valence electrons. The van der Waals surface area contributed by atoms with Crippen molar-refractivity contribution in [1.82, 2.24) is 0 Å². The van der Waals surface area contributed by atoms with Crippen LogP contribution in [-0.2, 0) is 0 Å². The molecule has 10 rings (SSSR count). The van der Waals surface area contributed by atoms with Crippen molar-refractivity contribution in [2.45, 2.75) is 0 Å². The lowest BCUT2D eigenvalue weighted by Crippen LogP contribution is -1.91. The highest BCUT2D eigenvalue weighted by molar-refractivity contribution is 6.22. The minimum Gasteiger partial charge on any atom is -0.456 e. The molecule has 0 fully saturated rings. The Morgan fingerprint density at radius 3 is 1.51 bits per heavy atom. The topological polar surface area (TPSA) is 13.1 Å². The molecule has 0 saturated heterocycles. The summed E-state index contributed by atoms with van der Waals surface area (Å²) in [5, 5.41) is -4.89. The lowest BCUT2D eigenvalue weighted by Gasteiger charge is -2.18. The first-order valence-electron chi connectivity index (χ1n) is 29.0. The summed E-state index contributed by atoms with van der Waals surface area (Å²) >= 11 is 0. The molecule has 0 atom stereocenters. The fraction of sp³-hybridized carbons (Fsp3) is 0. The Balaban J connectivity index is 1.41. The van der Waals surface area contributed by atoms with Gasteiger partial charge in [-0.15, -0.1) is 0 Å². The molecule has 1 aromatic heterocycles. The second-order valence-electron chi connectivity index (χ2n) is 10.6. The van der Waals surface area contributed by atoms with E-state index in [1.165, 1.54) is 0 Å². The molecule has 10 aromatic rings. The number of furan rings is 1. The molecule has 0 amide bonds. The maximum Gasteiger partial charge on any atom is 0.135 e. The van der Waals surface area contributed by atoms with Crippen LogP contribution in [0.25, 0.3) is 98.8 Å². The standard InChI is InChI=1S/C48H30O/c1-2-10-31(11-3-1)37-24-26-45-43(29-37)44-30-38(25-27-46(44)49-45)48-41-16-8-6-14-39(41)47(40-15-7-9-17-42(40)48)34-21-18-33(19-22-34)36-23-20-32-12-4-5-13-35(32)28-36/h1-30H/i1D,2D,3D,4D,5D,6D,7D,8D,9D,10D,11D,12D,13D,14D,15D,16D,17D,18D,19D,20D,21D,22D,23D,24D,25D,26D,28D,29D,30D. The molecule has 0 radical (unpaired) electrons. The molecule has 1 heteroatoms. The van der Waals surface area contributed by atoms with E-state index in [4.69, 9.17) is 29.1 Å². The first-order valence-corrected chi connectivity index (χ1v) is 14.5. The van der Waals surface area contributed by atoms with Gasteiger partial charge in [-0.1, -0.05) is 151 Å². The van der Waals surface area contributed by atoms with Crippen molar-refractivity contribution in [2.75, 3.05) is 0 Å². The fourth-order valence-electron chi connectivity index (χ4n) is 5.68. The van der Waals surface area contributed by atoms with E-state index in [-0.39, 0.29) is 0 Å². The molecule has 49 heavy (non-hydrogen) atoms. The maximum atomic E-state index is 9.87. The quantitative estimate of drug-likeness (QED) is 0.173. The number of benzene rings is 9. The summed E-state index contributed by atoms with van der Waals surface area (Å²) in [6, 6.07) is -25.2. The summed E-state index contributed by atoms with van der Waals surface area (Å²) in [5.41, 5.74) is -6.74. The van der Waals surface area contributed by atoms with Gasteiger partial charge in [-0.2, -0.15) is 0 Å². The van der Waals surface area contributed by atoms with Crippen molar-refractivity contribution < 1.29 is 44.2 Å². The molecule has 9 aromatic carbocycles. The van der Waals surface area contributed by atoms with Crippen molar-refractivity contribution in [3.05, 3.63) is 181 Å². The summed E-state index contributed by atoms with van der Waals surface area (Å²) in [7, 11) is 0. The Morgan fingerprint density at radius 1 is 0.306 bits per heavy atom. The summed E-state index contributed by atoms with van der Waals surface area (Å²) in [5.74, 6) is 0. The van der Waals surface area contributed by atoms with Gasteiger partial charge in [0.1, 0.15) is 11.2 Å². The Hall–Kier alpha value is -6.44. The molecule has 0 aliphatic carbocycles. The van der Waals surface area contributed by atoms with Gasteiger partial charge in [-0.3, -0.25) is 0 Å². The van der Waals surface area contributed by atoms with Crippen LogP contribution in [0, 0.1) is 0 Å². The summed E-state index contributed by atoms with van der Waals surface area (Å²) in [6.45, 7) is 0. The van der Waals surface area contributed by atoms with Crippen molar-refractivity contribution in [1.29, 1.82) is 0 Å². The highest BCUT2D eigenvalue weighted by atomic mass is 16.3. The zero-order chi connectivity index (χ0) is 57.5. The van der Waals surface area contributed by atoms with Gasteiger partial charge >= 0.3 is 0 Å². The van der Waals surface area contributed by atoms with Crippen LogP contribution in [-0.4, -0.2) is 0 Å². The third kappa shape index (κ3) is 4.55. The minimum atomic E-state index is -1.09. The minimum absolute atomic E-state index is 0.392. The second-order valence-corrected chi connectivity index (χ2v) is 10.6. The molecule has 0 aliphatic rings. The van der Waals surface area contributed by atoms with Crippen LogP contribution in [0.1, 0.15) is 39.8 Å². The van der Waals surface area contributed by atoms with Crippen LogP contribution in [0.5, 0.6) is 0 Å². The fourth-order valence-corrected chi connectivity index (χ4v) is 5.68. The zero-order valence-corrected chi connectivity index (χ0v) is 24.5. The van der Waals surface area contributed by atoms with Gasteiger partial charge in [-0.05, 0) is 107 Å². The summed E-state index contributed by atoms with van der Waals surface area (Å²) in [4.78, 5) is 0. The number of hydrogen-bond donors (Lipinski definition) is 0. The van der Waals surface area contributed by atoms with Crippen molar-refractivity contribution in [3.63, 3.8) is 0 Å². The third-order valence-electron chi connectivity index (χ3n) is 7.83. The van der Waals surface area contributed by atoms with Crippen LogP contribution in [0.4, 0.5) is 0 Å². The van der Waals surface area contributed by atoms with Gasteiger partial charge < -0.3 is 4.42 Å². The normalized spacial score (nSPS) is 20.0. The van der Waals surface area contributed by atoms with E-state index in [2.05, 4.69) is 0 Å². The van der Waals surface area contributed by atoms with E-state index >= 15 is 0 Å². The van der Waals surface area contributed by atoms with Crippen LogP contribution in [0.3, 0.4) is 0 Å². The molecular weight excluding hydrogens is 593 g/mol. The van der Waals surface area contributed by atoms with Gasteiger partial charge in [0, 0.05) is 10.8 Å². The van der Waals surface area contributed by atoms with E-state index in [1.54, 1.807) is 0 Å². The Labute approximate surface area is 325 Å². The molecule has 0 bridgehead atoms. The average Bonchev–Trinajstić information content (AvgIpc) is 3.95. The Kier molecular flexibility index (Phi) is 2.56. The molecule has 0 saturated carbocycles. The van der Waals surface area contributed by atoms with Crippen molar-refractivity contribution in [3.8, 4) is 44.5 Å². The summed E-state index contributed by atoms with van der Waals surface area (Å²) in [6.07, 6.45) is 0. The average molecular weight is 652 g/mol. The van der Waals surface area contributed by atoms with E-state index in [0.29, 0.717) is 0 Å². The van der Waals surface area contributed by atoms with Crippen LogP contribution >= 0.6 is 0 Å². The highest BCUT2D eigenvalue weighted by Crippen LogP contribution is 2.45. The van der Waals surface area contributed by atoms with Gasteiger partial charge in [0.05, 0.1) is 39.8 Å². The van der Waals surface area contributed by atoms with E-state index in [9.17, 15) is 15.1 Å². The van der Waals surface area contributed by atoms with Gasteiger partial charge in [-0.25, -0.2) is 0 Å². The maximum absolute atomic E-state index is 9.87. The molecule has 1 heterocycles. The van der Waals surface area contributed by atoms with Crippen LogP contribution in [0.15, 0.2) is 186 Å². The summed E-state index contributed by atoms with van der Waals surface area (Å²) < 4.78 is 266. The largest absolute Gasteiger partial charge is 0.456 e. The smallest absolute Gasteiger partial charge is 0.135 e. The van der Waals surface area contributed by atoms with Crippen molar-refractivity contribution >= 4 is 54.3 Å². The molecule has 0 N–H and O–H groups in total. The van der Waals surface area contributed by atoms with Gasteiger partial charge in [0.2, 0.25) is 0 Å². The first-order chi connectivity index (χ1) is 36.4. The van der Waals surface area contributed by atoms with Gasteiger partial charge in [0.15, 0.2) is 0 Å². The molecule has 0 aliphatic heterocycles. The molecule has 0 spiro atoms. The second kappa shape index (κ2) is 11.1. The number of rotatable bonds is 4. The molecule has 0 unspecified atom stereocenters. The number of hydrogen-bond acceptors (Lipinski definition) is 1. The number of fused-ring (bicyclic) bond motifs is 6. The first kappa shape index (κ1) is 11.3. The molecular formula is C48H30O. The lowest BCUT2D eigenvalue weighted by atomic mass is 9.85. The molecule has 1 nitrogen and oxygen atoms in total.